The van der Waals surface area contributed by atoms with Gasteiger partial charge in [0.25, 0.3) is 5.91 Å². The predicted octanol–water partition coefficient (Wildman–Crippen LogP) is 3.58. The zero-order chi connectivity index (χ0) is 17.2. The van der Waals surface area contributed by atoms with Gasteiger partial charge in [-0.3, -0.25) is 15.6 Å². The maximum Gasteiger partial charge on any atom is 0.276 e. The van der Waals surface area contributed by atoms with Crippen LogP contribution in [0, 0.1) is 0 Å². The fourth-order valence-corrected chi connectivity index (χ4v) is 2.78. The second-order valence-electron chi connectivity index (χ2n) is 6.26. The molecular weight excluding hydrogens is 328 g/mol. The van der Waals surface area contributed by atoms with Crippen molar-refractivity contribution >= 4 is 23.2 Å². The molecule has 1 heterocycles. The maximum absolute atomic E-state index is 11.9. The number of nitrogens with one attached hydrogen (secondary N) is 2. The van der Waals surface area contributed by atoms with E-state index in [-0.39, 0.29) is 18.1 Å². The van der Waals surface area contributed by atoms with Gasteiger partial charge in [-0.25, -0.2) is 0 Å². The lowest BCUT2D eigenvalue weighted by Gasteiger charge is -2.18. The monoisotopic (exact) mass is 346 g/mol. The molecule has 5 nitrogen and oxygen atoms in total. The zero-order valence-corrected chi connectivity index (χ0v) is 14.3. The largest absolute Gasteiger partial charge is 0.483 e. The summed E-state index contributed by atoms with van der Waals surface area (Å²) in [5.41, 5.74) is 6.90. The molecule has 0 unspecified atom stereocenters. The molecule has 6 heteroatoms. The van der Waals surface area contributed by atoms with E-state index in [1.807, 2.05) is 26.0 Å². The Bertz CT molecular complexity index is 762. The summed E-state index contributed by atoms with van der Waals surface area (Å²) in [5, 5.41) is 0.588. The van der Waals surface area contributed by atoms with Crippen molar-refractivity contribution in [1.82, 2.24) is 5.43 Å². The maximum atomic E-state index is 11.9. The number of rotatable bonds is 5. The van der Waals surface area contributed by atoms with Gasteiger partial charge in [-0.1, -0.05) is 29.8 Å². The van der Waals surface area contributed by atoms with Crippen molar-refractivity contribution in [1.29, 1.82) is 0 Å². The van der Waals surface area contributed by atoms with Gasteiger partial charge in [0.1, 0.15) is 5.60 Å². The Morgan fingerprint density at radius 3 is 2.88 bits per heavy atom. The van der Waals surface area contributed by atoms with Gasteiger partial charge in [0, 0.05) is 17.0 Å². The number of para-hydroxylation sites is 1. The van der Waals surface area contributed by atoms with Crippen LogP contribution in [0.1, 0.15) is 19.4 Å². The van der Waals surface area contributed by atoms with Crippen molar-refractivity contribution < 1.29 is 14.3 Å². The Labute approximate surface area is 145 Å². The summed E-state index contributed by atoms with van der Waals surface area (Å²) >= 11 is 5.89. The highest BCUT2D eigenvalue weighted by atomic mass is 35.5. The van der Waals surface area contributed by atoms with Crippen LogP contribution in [0.2, 0.25) is 5.02 Å². The summed E-state index contributed by atoms with van der Waals surface area (Å²) in [7, 11) is 0. The molecule has 0 radical (unpaired) electrons. The molecule has 2 N–H and O–H groups in total. The third kappa shape index (κ3) is 3.92. The Morgan fingerprint density at radius 1 is 1.29 bits per heavy atom. The predicted molar refractivity (Wildman–Crippen MR) is 93.6 cm³/mol. The van der Waals surface area contributed by atoms with Crippen LogP contribution < -0.4 is 20.3 Å². The number of fused-ring (bicyclic) bond motifs is 1. The first-order valence-corrected chi connectivity index (χ1v) is 8.05. The molecule has 1 amide bonds. The first kappa shape index (κ1) is 16.5. The van der Waals surface area contributed by atoms with Crippen molar-refractivity contribution in [3.8, 4) is 11.5 Å². The molecule has 2 aromatic carbocycles. The summed E-state index contributed by atoms with van der Waals surface area (Å²) in [6, 6.07) is 12.8. The van der Waals surface area contributed by atoms with E-state index in [4.69, 9.17) is 21.1 Å². The number of hydrogen-bond donors (Lipinski definition) is 2. The molecule has 1 aliphatic heterocycles. The molecule has 1 aliphatic rings. The number of ether oxygens (including phenoxy) is 2. The smallest absolute Gasteiger partial charge is 0.276 e. The van der Waals surface area contributed by atoms with E-state index in [0.29, 0.717) is 16.5 Å². The molecular formula is C18H19ClN2O3. The van der Waals surface area contributed by atoms with E-state index in [1.165, 1.54) is 0 Å². The number of hydrogen-bond acceptors (Lipinski definition) is 4. The Balaban J connectivity index is 1.55. The van der Waals surface area contributed by atoms with Gasteiger partial charge in [-0.2, -0.15) is 0 Å². The van der Waals surface area contributed by atoms with E-state index in [1.54, 1.807) is 30.3 Å². The van der Waals surface area contributed by atoms with Gasteiger partial charge in [-0.15, -0.1) is 0 Å². The summed E-state index contributed by atoms with van der Waals surface area (Å²) in [4.78, 5) is 11.9. The van der Waals surface area contributed by atoms with Crippen molar-refractivity contribution in [2.45, 2.75) is 25.9 Å². The van der Waals surface area contributed by atoms with Crippen molar-refractivity contribution in [2.75, 3.05) is 12.0 Å². The highest BCUT2D eigenvalue weighted by Gasteiger charge is 2.32. The Hall–Kier alpha value is -2.40. The fraction of sp³-hybridized carbons (Fsp3) is 0.278. The number of carbonyl (C=O) groups excluding carboxylic acids is 1. The van der Waals surface area contributed by atoms with Gasteiger partial charge >= 0.3 is 0 Å². The van der Waals surface area contributed by atoms with Gasteiger partial charge in [-0.05, 0) is 38.1 Å². The van der Waals surface area contributed by atoms with Crippen molar-refractivity contribution in [3.63, 3.8) is 0 Å². The molecule has 0 saturated heterocycles. The lowest BCUT2D eigenvalue weighted by Crippen LogP contribution is -2.33. The van der Waals surface area contributed by atoms with Gasteiger partial charge in [0.15, 0.2) is 18.1 Å². The minimum atomic E-state index is -0.301. The first-order chi connectivity index (χ1) is 11.4. The number of carbonyl (C=O) groups is 1. The lowest BCUT2D eigenvalue weighted by atomic mass is 10.0. The van der Waals surface area contributed by atoms with E-state index < -0.39 is 0 Å². The molecule has 0 aromatic heterocycles. The standard InChI is InChI=1S/C18H19ClN2O3/c1-18(2)10-12-5-3-8-15(17(12)24-18)23-11-16(22)21-20-14-7-4-6-13(19)9-14/h3-9,20H,10-11H2,1-2H3,(H,21,22). The van der Waals surface area contributed by atoms with Crippen LogP contribution in [0.4, 0.5) is 5.69 Å². The molecule has 0 atom stereocenters. The van der Waals surface area contributed by atoms with Crippen LogP contribution in [-0.2, 0) is 11.2 Å². The Kier molecular flexibility index (Phi) is 4.53. The fourth-order valence-electron chi connectivity index (χ4n) is 2.59. The minimum absolute atomic E-state index is 0.117. The lowest BCUT2D eigenvalue weighted by molar-refractivity contribution is -0.122. The quantitative estimate of drug-likeness (QED) is 0.812. The third-order valence-corrected chi connectivity index (χ3v) is 3.82. The average molecular weight is 347 g/mol. The van der Waals surface area contributed by atoms with E-state index >= 15 is 0 Å². The summed E-state index contributed by atoms with van der Waals surface area (Å²) in [6.45, 7) is 3.94. The second kappa shape index (κ2) is 6.61. The Morgan fingerprint density at radius 2 is 2.08 bits per heavy atom. The molecule has 0 spiro atoms. The van der Waals surface area contributed by atoms with Crippen LogP contribution in [0.3, 0.4) is 0 Å². The second-order valence-corrected chi connectivity index (χ2v) is 6.69. The van der Waals surface area contributed by atoms with Crippen LogP contribution in [0.5, 0.6) is 11.5 Å². The third-order valence-electron chi connectivity index (χ3n) is 3.58. The summed E-state index contributed by atoms with van der Waals surface area (Å²) < 4.78 is 11.5. The van der Waals surface area contributed by atoms with Crippen molar-refractivity contribution in [3.05, 3.63) is 53.1 Å². The number of anilines is 1. The zero-order valence-electron chi connectivity index (χ0n) is 13.6. The molecule has 0 fully saturated rings. The topological polar surface area (TPSA) is 59.6 Å². The van der Waals surface area contributed by atoms with E-state index in [0.717, 1.165) is 17.7 Å². The van der Waals surface area contributed by atoms with Crippen LogP contribution in [-0.4, -0.2) is 18.1 Å². The molecule has 0 bridgehead atoms. The molecule has 126 valence electrons. The number of benzene rings is 2. The summed E-state index contributed by atoms with van der Waals surface area (Å²) in [6.07, 6.45) is 0.821. The highest BCUT2D eigenvalue weighted by Crippen LogP contribution is 2.41. The average Bonchev–Trinajstić information content (AvgIpc) is 2.85. The molecule has 2 aromatic rings. The molecule has 24 heavy (non-hydrogen) atoms. The van der Waals surface area contributed by atoms with Crippen LogP contribution in [0.15, 0.2) is 42.5 Å². The van der Waals surface area contributed by atoms with E-state index in [9.17, 15) is 4.79 Å². The molecule has 3 rings (SSSR count). The first-order valence-electron chi connectivity index (χ1n) is 7.67. The van der Waals surface area contributed by atoms with E-state index in [2.05, 4.69) is 10.9 Å². The van der Waals surface area contributed by atoms with Gasteiger partial charge in [0.05, 0.1) is 5.69 Å². The SMILES string of the molecule is CC1(C)Cc2cccc(OCC(=O)NNc3cccc(Cl)c3)c2O1. The normalized spacial score (nSPS) is 14.5. The van der Waals surface area contributed by atoms with Crippen LogP contribution >= 0.6 is 11.6 Å². The van der Waals surface area contributed by atoms with Crippen LogP contribution in [0.25, 0.3) is 0 Å². The molecule has 0 aliphatic carbocycles. The van der Waals surface area contributed by atoms with Crippen molar-refractivity contribution in [2.24, 2.45) is 0 Å². The highest BCUT2D eigenvalue weighted by molar-refractivity contribution is 6.30. The number of hydrazine groups is 1. The van der Waals surface area contributed by atoms with Gasteiger partial charge in [0.2, 0.25) is 0 Å². The molecule has 0 saturated carbocycles. The summed E-state index contributed by atoms with van der Waals surface area (Å²) in [5.74, 6) is 0.999. The number of amides is 1. The van der Waals surface area contributed by atoms with Gasteiger partial charge < -0.3 is 9.47 Å². The minimum Gasteiger partial charge on any atom is -0.483 e. The number of halogens is 1.